The van der Waals surface area contributed by atoms with E-state index in [-0.39, 0.29) is 16.7 Å². The van der Waals surface area contributed by atoms with Gasteiger partial charge in [-0.1, -0.05) is 23.7 Å². The highest BCUT2D eigenvalue weighted by Crippen LogP contribution is 2.36. The van der Waals surface area contributed by atoms with Crippen LogP contribution in [0.15, 0.2) is 60.9 Å². The van der Waals surface area contributed by atoms with E-state index in [4.69, 9.17) is 11.6 Å². The summed E-state index contributed by atoms with van der Waals surface area (Å²) in [4.78, 5) is 10.8. The number of rotatable bonds is 4. The Morgan fingerprint density at radius 1 is 1.00 bits per heavy atom. The standard InChI is InChI=1S/C23H18ClFN4O2S/c1-32(30,31)28-21-10-16(11-27-23(21)24)14-3-5-20-19(9-14)22(6-7-26-20)29-12-15-2-4-18(25)8-17(15)13-29/h2-11,28H,12-13H2,1H3. The molecule has 5 rings (SSSR count). The van der Waals surface area contributed by atoms with Crippen molar-refractivity contribution in [1.82, 2.24) is 9.97 Å². The molecular formula is C23H18ClFN4O2S. The summed E-state index contributed by atoms with van der Waals surface area (Å²) in [6.45, 7) is 1.30. The van der Waals surface area contributed by atoms with E-state index < -0.39 is 10.0 Å². The van der Waals surface area contributed by atoms with Crippen LogP contribution in [-0.4, -0.2) is 24.6 Å². The van der Waals surface area contributed by atoms with E-state index >= 15 is 0 Å². The van der Waals surface area contributed by atoms with Gasteiger partial charge in [0.25, 0.3) is 0 Å². The second-order valence-electron chi connectivity index (χ2n) is 7.77. The molecule has 4 aromatic rings. The van der Waals surface area contributed by atoms with Crippen LogP contribution in [0, 0.1) is 5.82 Å². The Labute approximate surface area is 189 Å². The fourth-order valence-electron chi connectivity index (χ4n) is 4.00. The molecule has 0 spiro atoms. The Morgan fingerprint density at radius 2 is 1.81 bits per heavy atom. The number of halogens is 2. The Bertz CT molecular complexity index is 1480. The van der Waals surface area contributed by atoms with E-state index in [1.165, 1.54) is 6.07 Å². The molecule has 3 heterocycles. The first-order valence-corrected chi connectivity index (χ1v) is 12.1. The van der Waals surface area contributed by atoms with Gasteiger partial charge < -0.3 is 4.90 Å². The molecule has 0 bridgehead atoms. The SMILES string of the molecule is CS(=O)(=O)Nc1cc(-c2ccc3nccc(N4Cc5ccc(F)cc5C4)c3c2)cnc1Cl. The van der Waals surface area contributed by atoms with Gasteiger partial charge in [0.05, 0.1) is 17.5 Å². The monoisotopic (exact) mass is 468 g/mol. The molecule has 2 aromatic carbocycles. The molecule has 32 heavy (non-hydrogen) atoms. The fraction of sp³-hybridized carbons (Fsp3) is 0.130. The third kappa shape index (κ3) is 3.99. The van der Waals surface area contributed by atoms with Gasteiger partial charge >= 0.3 is 0 Å². The molecule has 1 aliphatic rings. The number of nitrogens with one attached hydrogen (secondary N) is 1. The zero-order chi connectivity index (χ0) is 22.5. The summed E-state index contributed by atoms with van der Waals surface area (Å²) in [6.07, 6.45) is 4.42. The Kier molecular flexibility index (Phi) is 4.98. The molecule has 1 aliphatic heterocycles. The van der Waals surface area contributed by atoms with Crippen molar-refractivity contribution in [3.8, 4) is 11.1 Å². The fourth-order valence-corrected chi connectivity index (χ4v) is 4.76. The molecule has 1 N–H and O–H groups in total. The summed E-state index contributed by atoms with van der Waals surface area (Å²) in [6, 6.07) is 14.3. The van der Waals surface area contributed by atoms with Crippen molar-refractivity contribution in [2.45, 2.75) is 13.1 Å². The van der Waals surface area contributed by atoms with Crippen molar-refractivity contribution in [1.29, 1.82) is 0 Å². The van der Waals surface area contributed by atoms with E-state index in [1.807, 2.05) is 30.3 Å². The number of aromatic nitrogens is 2. The summed E-state index contributed by atoms with van der Waals surface area (Å²) in [5.74, 6) is -0.235. The highest BCUT2D eigenvalue weighted by molar-refractivity contribution is 7.92. The lowest BCUT2D eigenvalue weighted by Gasteiger charge is -2.20. The van der Waals surface area contributed by atoms with Crippen LogP contribution in [0.5, 0.6) is 0 Å². The molecule has 0 aliphatic carbocycles. The Morgan fingerprint density at radius 3 is 2.62 bits per heavy atom. The molecule has 0 fully saturated rings. The van der Waals surface area contributed by atoms with Gasteiger partial charge in [-0.2, -0.15) is 0 Å². The largest absolute Gasteiger partial charge is 0.362 e. The first-order chi connectivity index (χ1) is 15.3. The lowest BCUT2D eigenvalue weighted by molar-refractivity contribution is 0.606. The minimum atomic E-state index is -3.50. The van der Waals surface area contributed by atoms with Gasteiger partial charge in [-0.05, 0) is 53.1 Å². The summed E-state index contributed by atoms with van der Waals surface area (Å²) >= 11 is 6.07. The van der Waals surface area contributed by atoms with E-state index in [9.17, 15) is 12.8 Å². The Hall–Kier alpha value is -3.23. The van der Waals surface area contributed by atoms with Gasteiger partial charge in [-0.3, -0.25) is 9.71 Å². The van der Waals surface area contributed by atoms with Crippen LogP contribution in [0.4, 0.5) is 15.8 Å². The number of hydrogen-bond donors (Lipinski definition) is 1. The van der Waals surface area contributed by atoms with Gasteiger partial charge in [-0.25, -0.2) is 17.8 Å². The molecule has 0 radical (unpaired) electrons. The average Bonchev–Trinajstić information content (AvgIpc) is 3.16. The van der Waals surface area contributed by atoms with Crippen molar-refractivity contribution >= 4 is 43.9 Å². The minimum absolute atomic E-state index is 0.0735. The van der Waals surface area contributed by atoms with Gasteiger partial charge in [0.1, 0.15) is 5.82 Å². The van der Waals surface area contributed by atoms with E-state index in [2.05, 4.69) is 19.6 Å². The van der Waals surface area contributed by atoms with Crippen LogP contribution in [0.1, 0.15) is 11.1 Å². The average molecular weight is 469 g/mol. The third-order valence-corrected chi connectivity index (χ3v) is 6.31. The van der Waals surface area contributed by atoms with Crippen molar-refractivity contribution in [2.75, 3.05) is 15.9 Å². The van der Waals surface area contributed by atoms with Crippen LogP contribution >= 0.6 is 11.6 Å². The highest BCUT2D eigenvalue weighted by atomic mass is 35.5. The van der Waals surface area contributed by atoms with Crippen LogP contribution in [-0.2, 0) is 23.1 Å². The second-order valence-corrected chi connectivity index (χ2v) is 9.87. The maximum atomic E-state index is 13.7. The summed E-state index contributed by atoms with van der Waals surface area (Å²) < 4.78 is 39.4. The molecule has 0 saturated heterocycles. The molecule has 0 unspecified atom stereocenters. The normalized spacial score (nSPS) is 13.4. The van der Waals surface area contributed by atoms with Crippen molar-refractivity contribution in [3.05, 3.63) is 83.0 Å². The minimum Gasteiger partial charge on any atom is -0.362 e. The third-order valence-electron chi connectivity index (χ3n) is 5.42. The van der Waals surface area contributed by atoms with Gasteiger partial charge in [0.2, 0.25) is 10.0 Å². The molecule has 162 valence electrons. The topological polar surface area (TPSA) is 75.2 Å². The summed E-state index contributed by atoms with van der Waals surface area (Å²) in [7, 11) is -3.50. The zero-order valence-corrected chi connectivity index (χ0v) is 18.6. The predicted molar refractivity (Wildman–Crippen MR) is 125 cm³/mol. The van der Waals surface area contributed by atoms with E-state index in [0.717, 1.165) is 39.5 Å². The van der Waals surface area contributed by atoms with Gasteiger partial charge in [0, 0.05) is 42.1 Å². The number of nitrogens with zero attached hydrogens (tertiary/aromatic N) is 3. The number of hydrogen-bond acceptors (Lipinski definition) is 5. The zero-order valence-electron chi connectivity index (χ0n) is 17.0. The molecule has 0 atom stereocenters. The molecule has 2 aromatic heterocycles. The van der Waals surface area contributed by atoms with Crippen molar-refractivity contribution in [2.24, 2.45) is 0 Å². The second kappa shape index (κ2) is 7.72. The van der Waals surface area contributed by atoms with Crippen molar-refractivity contribution in [3.63, 3.8) is 0 Å². The van der Waals surface area contributed by atoms with E-state index in [0.29, 0.717) is 18.7 Å². The number of sulfonamides is 1. The molecule has 0 saturated carbocycles. The predicted octanol–water partition coefficient (Wildman–Crippen LogP) is 4.98. The first kappa shape index (κ1) is 20.7. The summed E-state index contributed by atoms with van der Waals surface area (Å²) in [5, 5.41) is 1.01. The first-order valence-electron chi connectivity index (χ1n) is 9.81. The number of benzene rings is 2. The molecule has 9 heteroatoms. The van der Waals surface area contributed by atoms with E-state index in [1.54, 1.807) is 24.5 Å². The highest BCUT2D eigenvalue weighted by Gasteiger charge is 2.21. The number of anilines is 2. The number of pyridine rings is 2. The summed E-state index contributed by atoms with van der Waals surface area (Å²) in [5.41, 5.74) is 5.67. The Balaban J connectivity index is 1.56. The smallest absolute Gasteiger partial charge is 0.229 e. The van der Waals surface area contributed by atoms with Gasteiger partial charge in [-0.15, -0.1) is 0 Å². The number of fused-ring (bicyclic) bond motifs is 2. The molecular weight excluding hydrogens is 451 g/mol. The lowest BCUT2D eigenvalue weighted by atomic mass is 10.0. The lowest BCUT2D eigenvalue weighted by Crippen LogP contribution is -2.15. The maximum Gasteiger partial charge on any atom is 0.229 e. The molecule has 6 nitrogen and oxygen atoms in total. The van der Waals surface area contributed by atoms with Crippen molar-refractivity contribution < 1.29 is 12.8 Å². The van der Waals surface area contributed by atoms with Gasteiger partial charge in [0.15, 0.2) is 5.15 Å². The molecule has 0 amide bonds. The van der Waals surface area contributed by atoms with Crippen LogP contribution in [0.3, 0.4) is 0 Å². The quantitative estimate of drug-likeness (QED) is 0.427. The van der Waals surface area contributed by atoms with Crippen LogP contribution < -0.4 is 9.62 Å². The maximum absolute atomic E-state index is 13.7. The van der Waals surface area contributed by atoms with Crippen LogP contribution in [0.25, 0.3) is 22.0 Å². The van der Waals surface area contributed by atoms with Crippen LogP contribution in [0.2, 0.25) is 5.15 Å².